The molecule has 2 N–H and O–H groups in total. The lowest BCUT2D eigenvalue weighted by atomic mass is 10.1. The number of hydrogen-bond donors (Lipinski definition) is 2. The molecule has 1 aliphatic rings. The Labute approximate surface area is 116 Å². The van der Waals surface area contributed by atoms with Gasteiger partial charge in [-0.25, -0.2) is 0 Å². The average Bonchev–Trinajstić information content (AvgIpc) is 2.77. The Hall–Kier alpha value is -1.17. The zero-order valence-corrected chi connectivity index (χ0v) is 11.3. The Bertz CT molecular complexity index is 467. The fraction of sp³-hybridized carbons (Fsp3) is 0.538. The van der Waals surface area contributed by atoms with Crippen molar-refractivity contribution >= 4 is 17.3 Å². The summed E-state index contributed by atoms with van der Waals surface area (Å²) < 4.78 is 0. The highest BCUT2D eigenvalue weighted by Crippen LogP contribution is 2.27. The number of nitro benzene ring substituents is 1. The molecule has 19 heavy (non-hydrogen) atoms. The van der Waals surface area contributed by atoms with Gasteiger partial charge in [0, 0.05) is 19.2 Å². The number of nitrogens with one attached hydrogen (secondary N) is 1. The van der Waals surface area contributed by atoms with Crippen LogP contribution >= 0.6 is 11.6 Å². The molecule has 1 saturated carbocycles. The SMILES string of the molecule is O=[N+]([O-])c1cccc(Cl)c1CNCC1CCCC1O. The van der Waals surface area contributed by atoms with E-state index in [1.807, 2.05) is 0 Å². The van der Waals surface area contributed by atoms with Gasteiger partial charge in [-0.05, 0) is 24.8 Å². The first-order chi connectivity index (χ1) is 9.09. The Morgan fingerprint density at radius 1 is 1.47 bits per heavy atom. The van der Waals surface area contributed by atoms with E-state index in [1.165, 1.54) is 6.07 Å². The van der Waals surface area contributed by atoms with Gasteiger partial charge in [0.2, 0.25) is 0 Å². The number of halogens is 1. The van der Waals surface area contributed by atoms with Crippen LogP contribution in [0.4, 0.5) is 5.69 Å². The molecule has 0 saturated heterocycles. The lowest BCUT2D eigenvalue weighted by molar-refractivity contribution is -0.385. The molecule has 0 aliphatic heterocycles. The maximum Gasteiger partial charge on any atom is 0.275 e. The zero-order valence-electron chi connectivity index (χ0n) is 10.5. The summed E-state index contributed by atoms with van der Waals surface area (Å²) in [6.45, 7) is 1.00. The molecule has 0 spiro atoms. The van der Waals surface area contributed by atoms with Crippen molar-refractivity contribution in [2.24, 2.45) is 5.92 Å². The summed E-state index contributed by atoms with van der Waals surface area (Å²) in [5.74, 6) is 0.238. The number of rotatable bonds is 5. The normalized spacial score (nSPS) is 22.6. The van der Waals surface area contributed by atoms with Crippen molar-refractivity contribution in [2.45, 2.75) is 31.9 Å². The zero-order chi connectivity index (χ0) is 13.8. The third-order valence-corrected chi connectivity index (χ3v) is 3.97. The maximum atomic E-state index is 10.9. The highest BCUT2D eigenvalue weighted by Gasteiger charge is 2.25. The third-order valence-electron chi connectivity index (χ3n) is 3.62. The minimum absolute atomic E-state index is 0.0342. The van der Waals surface area contributed by atoms with Crippen LogP contribution in [0, 0.1) is 16.0 Å². The van der Waals surface area contributed by atoms with Crippen LogP contribution in [0.15, 0.2) is 18.2 Å². The topological polar surface area (TPSA) is 75.4 Å². The minimum atomic E-state index is -0.423. The molecule has 2 atom stereocenters. The average molecular weight is 285 g/mol. The van der Waals surface area contributed by atoms with E-state index in [1.54, 1.807) is 12.1 Å². The van der Waals surface area contributed by atoms with Gasteiger partial charge in [0.25, 0.3) is 5.69 Å². The molecule has 5 nitrogen and oxygen atoms in total. The van der Waals surface area contributed by atoms with Gasteiger partial charge < -0.3 is 10.4 Å². The first kappa shape index (κ1) is 14.2. The minimum Gasteiger partial charge on any atom is -0.393 e. The number of nitrogens with zero attached hydrogens (tertiary/aromatic N) is 1. The third kappa shape index (κ3) is 3.43. The van der Waals surface area contributed by atoms with Crippen LogP contribution in [0.1, 0.15) is 24.8 Å². The molecule has 1 fully saturated rings. The highest BCUT2D eigenvalue weighted by molar-refractivity contribution is 6.31. The van der Waals surface area contributed by atoms with Crippen LogP contribution in [0.25, 0.3) is 0 Å². The Balaban J connectivity index is 1.97. The van der Waals surface area contributed by atoms with E-state index in [0.29, 0.717) is 23.7 Å². The first-order valence-electron chi connectivity index (χ1n) is 6.40. The quantitative estimate of drug-likeness (QED) is 0.643. The van der Waals surface area contributed by atoms with Gasteiger partial charge in [0.1, 0.15) is 0 Å². The monoisotopic (exact) mass is 284 g/mol. The highest BCUT2D eigenvalue weighted by atomic mass is 35.5. The van der Waals surface area contributed by atoms with Gasteiger partial charge in [0.15, 0.2) is 0 Å². The van der Waals surface area contributed by atoms with Crippen LogP contribution in [0.3, 0.4) is 0 Å². The molecule has 2 unspecified atom stereocenters. The van der Waals surface area contributed by atoms with Gasteiger partial charge in [-0.1, -0.05) is 24.1 Å². The molecule has 2 rings (SSSR count). The molecule has 0 aromatic heterocycles. The molecule has 6 heteroatoms. The van der Waals surface area contributed by atoms with Gasteiger partial charge >= 0.3 is 0 Å². The number of hydrogen-bond acceptors (Lipinski definition) is 4. The summed E-state index contributed by atoms with van der Waals surface area (Å²) in [7, 11) is 0. The van der Waals surface area contributed by atoms with E-state index in [0.717, 1.165) is 19.3 Å². The van der Waals surface area contributed by atoms with E-state index in [4.69, 9.17) is 11.6 Å². The lowest BCUT2D eigenvalue weighted by Gasteiger charge is -2.15. The van der Waals surface area contributed by atoms with Crippen LogP contribution < -0.4 is 5.32 Å². The summed E-state index contributed by atoms with van der Waals surface area (Å²) in [6.07, 6.45) is 2.63. The smallest absolute Gasteiger partial charge is 0.275 e. The molecular weight excluding hydrogens is 268 g/mol. The number of aliphatic hydroxyl groups excluding tert-OH is 1. The summed E-state index contributed by atoms with van der Waals surface area (Å²) >= 11 is 6.00. The van der Waals surface area contributed by atoms with Crippen LogP contribution in [-0.4, -0.2) is 22.7 Å². The maximum absolute atomic E-state index is 10.9. The predicted octanol–water partition coefficient (Wildman–Crippen LogP) is 2.50. The van der Waals surface area contributed by atoms with E-state index in [-0.39, 0.29) is 17.7 Å². The molecule has 0 radical (unpaired) electrons. The van der Waals surface area contributed by atoms with Crippen molar-refractivity contribution < 1.29 is 10.0 Å². The van der Waals surface area contributed by atoms with Gasteiger partial charge in [0.05, 0.1) is 21.6 Å². The summed E-state index contributed by atoms with van der Waals surface area (Å²) in [6, 6.07) is 4.67. The van der Waals surface area contributed by atoms with Gasteiger partial charge in [-0.3, -0.25) is 10.1 Å². The molecule has 1 aromatic rings. The summed E-state index contributed by atoms with van der Waals surface area (Å²) in [5, 5.41) is 24.2. The summed E-state index contributed by atoms with van der Waals surface area (Å²) in [5.41, 5.74) is 0.536. The second-order valence-electron chi connectivity index (χ2n) is 4.88. The molecule has 1 aromatic carbocycles. The second kappa shape index (κ2) is 6.32. The van der Waals surface area contributed by atoms with Crippen LogP contribution in [-0.2, 0) is 6.54 Å². The molecular formula is C13H17ClN2O3. The molecule has 1 aliphatic carbocycles. The Morgan fingerprint density at radius 2 is 2.26 bits per heavy atom. The van der Waals surface area contributed by atoms with Crippen molar-refractivity contribution in [1.29, 1.82) is 0 Å². The molecule has 0 bridgehead atoms. The number of nitro groups is 1. The van der Waals surface area contributed by atoms with E-state index >= 15 is 0 Å². The molecule has 104 valence electrons. The van der Waals surface area contributed by atoms with E-state index < -0.39 is 4.92 Å². The summed E-state index contributed by atoms with van der Waals surface area (Å²) in [4.78, 5) is 10.5. The molecule has 0 amide bonds. The number of aliphatic hydroxyl groups is 1. The van der Waals surface area contributed by atoms with Gasteiger partial charge in [-0.15, -0.1) is 0 Å². The number of benzene rings is 1. The van der Waals surface area contributed by atoms with Crippen molar-refractivity contribution in [1.82, 2.24) is 5.32 Å². The standard InChI is InChI=1S/C13H17ClN2O3/c14-11-4-2-5-12(16(18)19)10(11)8-15-7-9-3-1-6-13(9)17/h2,4-5,9,13,15,17H,1,3,6-8H2. The molecule has 0 heterocycles. The van der Waals surface area contributed by atoms with Crippen molar-refractivity contribution in [3.8, 4) is 0 Å². The van der Waals surface area contributed by atoms with Crippen LogP contribution in [0.5, 0.6) is 0 Å². The predicted molar refractivity (Wildman–Crippen MR) is 73.2 cm³/mol. The van der Waals surface area contributed by atoms with Gasteiger partial charge in [-0.2, -0.15) is 0 Å². The van der Waals surface area contributed by atoms with Crippen molar-refractivity contribution in [3.63, 3.8) is 0 Å². The fourth-order valence-electron chi connectivity index (χ4n) is 2.53. The fourth-order valence-corrected chi connectivity index (χ4v) is 2.77. The van der Waals surface area contributed by atoms with Crippen molar-refractivity contribution in [2.75, 3.05) is 6.54 Å². The Morgan fingerprint density at radius 3 is 2.89 bits per heavy atom. The lowest BCUT2D eigenvalue weighted by Crippen LogP contribution is -2.27. The Kier molecular flexibility index (Phi) is 4.74. The first-order valence-corrected chi connectivity index (χ1v) is 6.78. The van der Waals surface area contributed by atoms with E-state index in [9.17, 15) is 15.2 Å². The largest absolute Gasteiger partial charge is 0.393 e. The van der Waals surface area contributed by atoms with Crippen LogP contribution in [0.2, 0.25) is 5.02 Å². The second-order valence-corrected chi connectivity index (χ2v) is 5.29. The van der Waals surface area contributed by atoms with E-state index in [2.05, 4.69) is 5.32 Å². The van der Waals surface area contributed by atoms with Crippen molar-refractivity contribution in [3.05, 3.63) is 38.9 Å².